The maximum Gasteiger partial charge on any atom is 0.242 e. The van der Waals surface area contributed by atoms with E-state index in [-0.39, 0.29) is 10.6 Å². The van der Waals surface area contributed by atoms with Crippen LogP contribution in [0, 0.1) is 0 Å². The molecule has 0 bridgehead atoms. The molecule has 1 saturated carbocycles. The summed E-state index contributed by atoms with van der Waals surface area (Å²) in [7, 11) is -2.12. The first-order valence-electron chi connectivity index (χ1n) is 6.04. The van der Waals surface area contributed by atoms with Crippen molar-refractivity contribution in [2.75, 3.05) is 30.9 Å². The second-order valence-electron chi connectivity index (χ2n) is 4.70. The van der Waals surface area contributed by atoms with Crippen molar-refractivity contribution in [2.24, 2.45) is 0 Å². The van der Waals surface area contributed by atoms with Gasteiger partial charge in [0.15, 0.2) is 0 Å². The molecule has 0 amide bonds. The second kappa shape index (κ2) is 5.22. The Morgan fingerprint density at radius 3 is 2.58 bits per heavy atom. The average Bonchev–Trinajstić information content (AvgIpc) is 3.17. The fourth-order valence-corrected chi connectivity index (χ4v) is 3.43. The number of sulfonamides is 1. The largest absolute Gasteiger partial charge is 0.398 e. The van der Waals surface area contributed by atoms with Crippen molar-refractivity contribution in [1.29, 1.82) is 0 Å². The highest BCUT2D eigenvalue weighted by molar-refractivity contribution is 8.00. The number of thioether (sulfide) groups is 1. The SMILES string of the molecule is CNS(=O)(=O)c1ccc(NCC2(SC)CC2)cc1N. The van der Waals surface area contributed by atoms with E-state index in [1.54, 1.807) is 12.1 Å². The molecule has 19 heavy (non-hydrogen) atoms. The third-order valence-electron chi connectivity index (χ3n) is 3.42. The zero-order valence-corrected chi connectivity index (χ0v) is 12.7. The van der Waals surface area contributed by atoms with Crippen LogP contribution in [-0.4, -0.2) is 33.0 Å². The Hall–Kier alpha value is -0.920. The Bertz CT molecular complexity index is 568. The summed E-state index contributed by atoms with van der Waals surface area (Å²) in [6, 6.07) is 4.94. The smallest absolute Gasteiger partial charge is 0.242 e. The zero-order chi connectivity index (χ0) is 14.1. The lowest BCUT2D eigenvalue weighted by Crippen LogP contribution is -2.20. The second-order valence-corrected chi connectivity index (χ2v) is 7.83. The summed E-state index contributed by atoms with van der Waals surface area (Å²) in [4.78, 5) is 0.117. The van der Waals surface area contributed by atoms with Crippen LogP contribution in [0.25, 0.3) is 0 Å². The standard InChI is InChI=1S/C12H19N3O2S2/c1-14-19(16,17)11-4-3-9(7-10(11)13)15-8-12(18-2)5-6-12/h3-4,7,14-15H,5-6,8,13H2,1-2H3. The minimum Gasteiger partial charge on any atom is -0.398 e. The number of nitrogens with one attached hydrogen (secondary N) is 2. The maximum absolute atomic E-state index is 11.7. The quantitative estimate of drug-likeness (QED) is 0.693. The van der Waals surface area contributed by atoms with Gasteiger partial charge in [-0.3, -0.25) is 0 Å². The molecule has 2 rings (SSSR count). The molecule has 0 heterocycles. The summed E-state index contributed by atoms with van der Waals surface area (Å²) in [6.07, 6.45) is 4.57. The Kier molecular flexibility index (Phi) is 3.98. The van der Waals surface area contributed by atoms with E-state index in [0.29, 0.717) is 4.75 Å². The summed E-state index contributed by atoms with van der Waals surface area (Å²) in [5, 5.41) is 3.32. The predicted molar refractivity (Wildman–Crippen MR) is 81.1 cm³/mol. The van der Waals surface area contributed by atoms with Crippen LogP contribution < -0.4 is 15.8 Å². The van der Waals surface area contributed by atoms with Gasteiger partial charge in [0.2, 0.25) is 10.0 Å². The summed E-state index contributed by atoms with van der Waals surface area (Å²) in [6.45, 7) is 0.881. The Morgan fingerprint density at radius 1 is 1.42 bits per heavy atom. The molecule has 0 aromatic heterocycles. The first-order valence-corrected chi connectivity index (χ1v) is 8.75. The van der Waals surface area contributed by atoms with Crippen LogP contribution in [0.3, 0.4) is 0 Å². The zero-order valence-electron chi connectivity index (χ0n) is 11.1. The van der Waals surface area contributed by atoms with Gasteiger partial charge in [0.1, 0.15) is 4.90 Å². The predicted octanol–water partition coefficient (Wildman–Crippen LogP) is 1.48. The maximum atomic E-state index is 11.7. The molecule has 0 aliphatic heterocycles. The molecule has 0 saturated heterocycles. The van der Waals surface area contributed by atoms with E-state index >= 15 is 0 Å². The molecule has 0 radical (unpaired) electrons. The van der Waals surface area contributed by atoms with Crippen molar-refractivity contribution in [1.82, 2.24) is 4.72 Å². The van der Waals surface area contributed by atoms with Crippen LogP contribution in [0.2, 0.25) is 0 Å². The Labute approximate surface area is 118 Å². The van der Waals surface area contributed by atoms with Gasteiger partial charge in [-0.05, 0) is 44.3 Å². The van der Waals surface area contributed by atoms with E-state index in [2.05, 4.69) is 16.3 Å². The fraction of sp³-hybridized carbons (Fsp3) is 0.500. The van der Waals surface area contributed by atoms with Crippen LogP contribution in [0.15, 0.2) is 23.1 Å². The van der Waals surface area contributed by atoms with Crippen molar-refractivity contribution < 1.29 is 8.42 Å². The van der Waals surface area contributed by atoms with Gasteiger partial charge in [0.05, 0.1) is 5.69 Å². The molecular weight excluding hydrogens is 282 g/mol. The van der Waals surface area contributed by atoms with Gasteiger partial charge in [-0.1, -0.05) is 0 Å². The molecular formula is C12H19N3O2S2. The van der Waals surface area contributed by atoms with E-state index in [1.807, 2.05) is 11.8 Å². The van der Waals surface area contributed by atoms with Crippen molar-refractivity contribution in [3.05, 3.63) is 18.2 Å². The molecule has 106 valence electrons. The number of anilines is 2. The average molecular weight is 301 g/mol. The molecule has 1 aromatic carbocycles. The highest BCUT2D eigenvalue weighted by atomic mass is 32.2. The molecule has 1 fully saturated rings. The van der Waals surface area contributed by atoms with Gasteiger partial charge in [-0.25, -0.2) is 13.1 Å². The number of nitrogens with two attached hydrogens (primary N) is 1. The van der Waals surface area contributed by atoms with Gasteiger partial charge >= 0.3 is 0 Å². The molecule has 7 heteroatoms. The van der Waals surface area contributed by atoms with Gasteiger partial charge in [-0.2, -0.15) is 11.8 Å². The van der Waals surface area contributed by atoms with Crippen LogP contribution in [0.5, 0.6) is 0 Å². The van der Waals surface area contributed by atoms with Crippen LogP contribution in [0.4, 0.5) is 11.4 Å². The molecule has 1 aliphatic carbocycles. The van der Waals surface area contributed by atoms with E-state index in [0.717, 1.165) is 12.2 Å². The third-order valence-corrected chi connectivity index (χ3v) is 6.33. The van der Waals surface area contributed by atoms with Gasteiger partial charge < -0.3 is 11.1 Å². The Balaban J connectivity index is 2.11. The molecule has 1 aliphatic rings. The molecule has 1 aromatic rings. The summed E-state index contributed by atoms with van der Waals surface area (Å²) < 4.78 is 26.0. The minimum absolute atomic E-state index is 0.117. The lowest BCUT2D eigenvalue weighted by atomic mass is 10.2. The fourth-order valence-electron chi connectivity index (χ4n) is 1.87. The Morgan fingerprint density at radius 2 is 2.11 bits per heavy atom. The third kappa shape index (κ3) is 3.16. The lowest BCUT2D eigenvalue weighted by molar-refractivity contribution is 0.588. The van der Waals surface area contributed by atoms with E-state index in [1.165, 1.54) is 26.0 Å². The number of rotatable bonds is 6. The lowest BCUT2D eigenvalue weighted by Gasteiger charge is -2.15. The number of benzene rings is 1. The van der Waals surface area contributed by atoms with Crippen molar-refractivity contribution >= 4 is 33.2 Å². The topological polar surface area (TPSA) is 84.2 Å². The van der Waals surface area contributed by atoms with Gasteiger partial charge in [0.25, 0.3) is 0 Å². The van der Waals surface area contributed by atoms with E-state index < -0.39 is 10.0 Å². The highest BCUT2D eigenvalue weighted by Crippen LogP contribution is 2.47. The monoisotopic (exact) mass is 301 g/mol. The first kappa shape index (κ1) is 14.5. The van der Waals surface area contributed by atoms with Crippen molar-refractivity contribution in [2.45, 2.75) is 22.5 Å². The molecule has 0 spiro atoms. The normalized spacial score (nSPS) is 17.2. The van der Waals surface area contributed by atoms with Crippen LogP contribution in [0.1, 0.15) is 12.8 Å². The number of nitrogen functional groups attached to an aromatic ring is 1. The minimum atomic E-state index is -3.49. The summed E-state index contributed by atoms with van der Waals surface area (Å²) >= 11 is 1.87. The first-order chi connectivity index (χ1) is 8.92. The van der Waals surface area contributed by atoms with Crippen LogP contribution >= 0.6 is 11.8 Å². The number of hydrogen-bond donors (Lipinski definition) is 3. The van der Waals surface area contributed by atoms with Crippen molar-refractivity contribution in [3.63, 3.8) is 0 Å². The highest BCUT2D eigenvalue weighted by Gasteiger charge is 2.41. The summed E-state index contributed by atoms with van der Waals surface area (Å²) in [5.74, 6) is 0. The van der Waals surface area contributed by atoms with E-state index in [9.17, 15) is 8.42 Å². The van der Waals surface area contributed by atoms with E-state index in [4.69, 9.17) is 5.73 Å². The molecule has 0 atom stereocenters. The van der Waals surface area contributed by atoms with Crippen LogP contribution in [-0.2, 0) is 10.0 Å². The molecule has 4 N–H and O–H groups in total. The van der Waals surface area contributed by atoms with Crippen molar-refractivity contribution in [3.8, 4) is 0 Å². The molecule has 0 unspecified atom stereocenters. The molecule has 5 nitrogen and oxygen atoms in total. The van der Waals surface area contributed by atoms with Gasteiger partial charge in [-0.15, -0.1) is 0 Å². The number of hydrogen-bond acceptors (Lipinski definition) is 5. The van der Waals surface area contributed by atoms with Gasteiger partial charge in [0, 0.05) is 17.0 Å². The summed E-state index contributed by atoms with van der Waals surface area (Å²) in [5.41, 5.74) is 6.92.